The zero-order valence-electron chi connectivity index (χ0n) is 13.4. The normalized spacial score (nSPS) is 11.5. The van der Waals surface area contributed by atoms with E-state index in [2.05, 4.69) is 5.32 Å². The molecule has 0 radical (unpaired) electrons. The van der Waals surface area contributed by atoms with Crippen molar-refractivity contribution in [3.8, 4) is 0 Å². The van der Waals surface area contributed by atoms with Gasteiger partial charge in [-0.2, -0.15) is 13.2 Å². The molecule has 1 aromatic rings. The van der Waals surface area contributed by atoms with Crippen LogP contribution in [0.3, 0.4) is 0 Å². The molecule has 25 heavy (non-hydrogen) atoms. The largest absolute Gasteiger partial charge is 0.405 e. The lowest BCUT2D eigenvalue weighted by molar-refractivity contribution is -0.139. The van der Waals surface area contributed by atoms with Gasteiger partial charge >= 0.3 is 6.18 Å². The summed E-state index contributed by atoms with van der Waals surface area (Å²) in [7, 11) is 0. The van der Waals surface area contributed by atoms with Crippen molar-refractivity contribution >= 4 is 40.7 Å². The molecule has 1 rings (SSSR count). The maximum absolute atomic E-state index is 12.1. The number of benzene rings is 1. The average molecular weight is 400 g/mol. The highest BCUT2D eigenvalue weighted by Gasteiger charge is 2.28. The second-order valence-corrected chi connectivity index (χ2v) is 6.12. The lowest BCUT2D eigenvalue weighted by Gasteiger charge is -2.21. The molecule has 140 valence electrons. The van der Waals surface area contributed by atoms with Gasteiger partial charge < -0.3 is 10.6 Å². The molecule has 0 atom stereocenters. The third-order valence-corrected chi connectivity index (χ3v) is 3.51. The maximum Gasteiger partial charge on any atom is 0.405 e. The van der Waals surface area contributed by atoms with Crippen molar-refractivity contribution in [1.82, 2.24) is 10.2 Å². The number of hydrogen-bond acceptors (Lipinski definition) is 3. The number of nitrogens with one attached hydrogen (secondary N) is 2. The number of alkyl halides is 3. The average Bonchev–Trinajstić information content (AvgIpc) is 2.47. The molecule has 10 heteroatoms. The van der Waals surface area contributed by atoms with Crippen LogP contribution in [0.15, 0.2) is 18.2 Å². The number of rotatable bonds is 8. The number of hydrogen-bond donors (Lipinski definition) is 2. The Bertz CT molecular complexity index is 612. The van der Waals surface area contributed by atoms with Gasteiger partial charge in [0.2, 0.25) is 11.8 Å². The lowest BCUT2D eigenvalue weighted by Crippen LogP contribution is -2.43. The van der Waals surface area contributed by atoms with E-state index in [-0.39, 0.29) is 18.1 Å². The van der Waals surface area contributed by atoms with Crippen LogP contribution in [0, 0.1) is 0 Å². The fourth-order valence-corrected chi connectivity index (χ4v) is 2.43. The first-order valence-corrected chi connectivity index (χ1v) is 8.17. The van der Waals surface area contributed by atoms with Crippen LogP contribution in [0.25, 0.3) is 0 Å². The Labute approximate surface area is 153 Å². The first-order chi connectivity index (χ1) is 11.6. The van der Waals surface area contributed by atoms with Crippen LogP contribution < -0.4 is 10.6 Å². The molecule has 2 amide bonds. The van der Waals surface area contributed by atoms with E-state index >= 15 is 0 Å². The maximum atomic E-state index is 12.1. The third kappa shape index (κ3) is 8.94. The topological polar surface area (TPSA) is 61.4 Å². The summed E-state index contributed by atoms with van der Waals surface area (Å²) >= 11 is 11.7. The molecular formula is C15H18Cl2F3N3O2. The van der Waals surface area contributed by atoms with Crippen LogP contribution in [-0.4, -0.2) is 49.1 Å². The molecule has 0 aliphatic carbocycles. The standard InChI is InChI=1S/C15H18Cl2F3N3O2/c1-2-5-23(7-13(24)21-9-15(18,19)20)8-14(25)22-12-4-3-10(16)6-11(12)17/h3-4,6H,2,5,7-9H2,1H3,(H,21,24)(H,22,25). The monoisotopic (exact) mass is 399 g/mol. The van der Waals surface area contributed by atoms with Gasteiger partial charge in [-0.15, -0.1) is 0 Å². The predicted molar refractivity (Wildman–Crippen MR) is 90.9 cm³/mol. The number of amides is 2. The first kappa shape index (κ1) is 21.5. The Kier molecular flexibility index (Phi) is 8.47. The van der Waals surface area contributed by atoms with Gasteiger partial charge in [-0.25, -0.2) is 0 Å². The van der Waals surface area contributed by atoms with Gasteiger partial charge in [-0.3, -0.25) is 14.5 Å². The number of nitrogens with zero attached hydrogens (tertiary/aromatic N) is 1. The van der Waals surface area contributed by atoms with Crippen molar-refractivity contribution < 1.29 is 22.8 Å². The van der Waals surface area contributed by atoms with E-state index in [0.29, 0.717) is 23.7 Å². The molecule has 0 unspecified atom stereocenters. The second-order valence-electron chi connectivity index (χ2n) is 5.27. The van der Waals surface area contributed by atoms with E-state index in [1.54, 1.807) is 11.4 Å². The van der Waals surface area contributed by atoms with E-state index in [0.717, 1.165) is 0 Å². The molecule has 0 bridgehead atoms. The Morgan fingerprint density at radius 1 is 1.16 bits per heavy atom. The molecule has 0 heterocycles. The Hall–Kier alpha value is -1.51. The summed E-state index contributed by atoms with van der Waals surface area (Å²) in [6.07, 6.45) is -3.85. The number of carbonyl (C=O) groups excluding carboxylic acids is 2. The number of anilines is 1. The van der Waals surface area contributed by atoms with Crippen molar-refractivity contribution in [2.24, 2.45) is 0 Å². The van der Waals surface area contributed by atoms with E-state index in [1.807, 2.05) is 6.92 Å². The van der Waals surface area contributed by atoms with E-state index in [9.17, 15) is 22.8 Å². The Morgan fingerprint density at radius 2 is 1.80 bits per heavy atom. The molecule has 0 spiro atoms. The predicted octanol–water partition coefficient (Wildman–Crippen LogP) is 3.32. The van der Waals surface area contributed by atoms with Crippen LogP contribution in [0.2, 0.25) is 10.0 Å². The summed E-state index contributed by atoms with van der Waals surface area (Å²) in [6.45, 7) is 0.325. The number of halogens is 5. The molecule has 0 saturated heterocycles. The fraction of sp³-hybridized carbons (Fsp3) is 0.467. The molecule has 0 aliphatic heterocycles. The number of carbonyl (C=O) groups is 2. The smallest absolute Gasteiger partial charge is 0.346 e. The van der Waals surface area contributed by atoms with Gasteiger partial charge in [0.1, 0.15) is 6.54 Å². The molecule has 0 saturated carbocycles. The van der Waals surface area contributed by atoms with Crippen LogP contribution >= 0.6 is 23.2 Å². The van der Waals surface area contributed by atoms with E-state index < -0.39 is 24.5 Å². The highest BCUT2D eigenvalue weighted by Crippen LogP contribution is 2.25. The molecule has 0 aromatic heterocycles. The molecule has 0 fully saturated rings. The lowest BCUT2D eigenvalue weighted by atomic mass is 10.3. The minimum Gasteiger partial charge on any atom is -0.346 e. The zero-order valence-corrected chi connectivity index (χ0v) is 14.9. The summed E-state index contributed by atoms with van der Waals surface area (Å²) in [5.74, 6) is -1.25. The molecule has 2 N–H and O–H groups in total. The fourth-order valence-electron chi connectivity index (χ4n) is 1.97. The van der Waals surface area contributed by atoms with E-state index in [1.165, 1.54) is 17.0 Å². The summed E-state index contributed by atoms with van der Waals surface area (Å²) in [5, 5.41) is 5.02. The van der Waals surface area contributed by atoms with Gasteiger partial charge in [-0.1, -0.05) is 30.1 Å². The first-order valence-electron chi connectivity index (χ1n) is 7.41. The van der Waals surface area contributed by atoms with E-state index in [4.69, 9.17) is 23.2 Å². The van der Waals surface area contributed by atoms with Crippen molar-refractivity contribution in [2.75, 3.05) is 31.5 Å². The van der Waals surface area contributed by atoms with Gasteiger partial charge in [0.05, 0.1) is 23.8 Å². The van der Waals surface area contributed by atoms with Gasteiger partial charge in [-0.05, 0) is 31.2 Å². The minimum atomic E-state index is -4.48. The summed E-state index contributed by atoms with van der Waals surface area (Å²) in [6, 6.07) is 4.55. The minimum absolute atomic E-state index is 0.160. The van der Waals surface area contributed by atoms with Gasteiger partial charge in [0.15, 0.2) is 0 Å². The van der Waals surface area contributed by atoms with Crippen LogP contribution in [-0.2, 0) is 9.59 Å². The van der Waals surface area contributed by atoms with Gasteiger partial charge in [0, 0.05) is 5.02 Å². The van der Waals surface area contributed by atoms with Crippen LogP contribution in [0.1, 0.15) is 13.3 Å². The third-order valence-electron chi connectivity index (χ3n) is 2.97. The van der Waals surface area contributed by atoms with Crippen LogP contribution in [0.5, 0.6) is 0 Å². The molecule has 1 aromatic carbocycles. The van der Waals surface area contributed by atoms with Crippen molar-refractivity contribution in [3.63, 3.8) is 0 Å². The molecule has 0 aliphatic rings. The summed E-state index contributed by atoms with van der Waals surface area (Å²) in [5.41, 5.74) is 0.356. The van der Waals surface area contributed by atoms with Crippen LogP contribution in [0.4, 0.5) is 18.9 Å². The van der Waals surface area contributed by atoms with Crippen molar-refractivity contribution in [2.45, 2.75) is 19.5 Å². The molecule has 5 nitrogen and oxygen atoms in total. The summed E-state index contributed by atoms with van der Waals surface area (Å²) < 4.78 is 36.3. The Morgan fingerprint density at radius 3 is 2.36 bits per heavy atom. The quantitative estimate of drug-likeness (QED) is 0.704. The van der Waals surface area contributed by atoms with Gasteiger partial charge in [0.25, 0.3) is 0 Å². The highest BCUT2D eigenvalue weighted by atomic mass is 35.5. The molecular weight excluding hydrogens is 382 g/mol. The highest BCUT2D eigenvalue weighted by molar-refractivity contribution is 6.36. The van der Waals surface area contributed by atoms with Crippen molar-refractivity contribution in [1.29, 1.82) is 0 Å². The zero-order chi connectivity index (χ0) is 19.0. The SMILES string of the molecule is CCCN(CC(=O)NCC(F)(F)F)CC(=O)Nc1ccc(Cl)cc1Cl. The summed E-state index contributed by atoms with van der Waals surface area (Å²) in [4.78, 5) is 25.1. The Balaban J connectivity index is 2.58. The van der Waals surface area contributed by atoms with Crippen molar-refractivity contribution in [3.05, 3.63) is 28.2 Å². The second kappa shape index (κ2) is 9.84.